The number of thioether (sulfide) groups is 1. The number of rotatable bonds is 7. The van der Waals surface area contributed by atoms with E-state index >= 15 is 0 Å². The van der Waals surface area contributed by atoms with Gasteiger partial charge in [0.2, 0.25) is 0 Å². The minimum absolute atomic E-state index is 0.0846. The summed E-state index contributed by atoms with van der Waals surface area (Å²) < 4.78 is 5.76. The van der Waals surface area contributed by atoms with Gasteiger partial charge >= 0.3 is 0 Å². The van der Waals surface area contributed by atoms with Crippen LogP contribution in [-0.4, -0.2) is 24.3 Å². The van der Waals surface area contributed by atoms with Gasteiger partial charge in [-0.25, -0.2) is 0 Å². The van der Waals surface area contributed by atoms with Crippen molar-refractivity contribution in [2.24, 2.45) is 0 Å². The Kier molecular flexibility index (Phi) is 6.53. The molecular weight excluding hydrogens is 306 g/mol. The van der Waals surface area contributed by atoms with Gasteiger partial charge in [0.05, 0.1) is 0 Å². The first-order valence-electron chi connectivity index (χ1n) is 7.76. The Balaban J connectivity index is 1.74. The molecule has 0 heterocycles. The molecule has 2 aromatic carbocycles. The summed E-state index contributed by atoms with van der Waals surface area (Å²) in [5.41, 5.74) is 2.23. The highest BCUT2D eigenvalue weighted by Gasteiger charge is 2.15. The highest BCUT2D eigenvalue weighted by molar-refractivity contribution is 7.99. The smallest absolute Gasteiger partial charge is 0.260 e. The van der Waals surface area contributed by atoms with E-state index in [1.165, 1.54) is 10.5 Å². The summed E-state index contributed by atoms with van der Waals surface area (Å²) in [6, 6.07) is 16.1. The van der Waals surface area contributed by atoms with Crippen LogP contribution in [0, 0.1) is 13.8 Å². The van der Waals surface area contributed by atoms with E-state index in [4.69, 9.17) is 4.74 Å². The fraction of sp³-hybridized carbons (Fsp3) is 0.316. The molecular formula is C19H23NO2S. The van der Waals surface area contributed by atoms with Crippen molar-refractivity contribution in [1.82, 2.24) is 5.32 Å². The molecule has 0 aliphatic rings. The summed E-state index contributed by atoms with van der Waals surface area (Å²) >= 11 is 1.73. The Labute approximate surface area is 142 Å². The second-order valence-electron chi connectivity index (χ2n) is 5.48. The highest BCUT2D eigenvalue weighted by atomic mass is 32.2. The molecule has 23 heavy (non-hydrogen) atoms. The minimum atomic E-state index is -0.502. The zero-order chi connectivity index (χ0) is 16.7. The van der Waals surface area contributed by atoms with E-state index < -0.39 is 6.10 Å². The van der Waals surface area contributed by atoms with Crippen molar-refractivity contribution in [2.45, 2.75) is 31.8 Å². The Morgan fingerprint density at radius 2 is 1.91 bits per heavy atom. The quantitative estimate of drug-likeness (QED) is 0.617. The fourth-order valence-electron chi connectivity index (χ4n) is 2.18. The van der Waals surface area contributed by atoms with Gasteiger partial charge in [-0.05, 0) is 44.5 Å². The van der Waals surface area contributed by atoms with Crippen molar-refractivity contribution in [3.63, 3.8) is 0 Å². The monoisotopic (exact) mass is 329 g/mol. The molecule has 1 atom stereocenters. The van der Waals surface area contributed by atoms with Crippen LogP contribution in [0.2, 0.25) is 0 Å². The number of amides is 1. The number of nitrogens with one attached hydrogen (secondary N) is 1. The summed E-state index contributed by atoms with van der Waals surface area (Å²) in [5, 5.41) is 2.92. The molecule has 1 N–H and O–H groups in total. The topological polar surface area (TPSA) is 38.3 Å². The maximum Gasteiger partial charge on any atom is 0.260 e. The standard InChI is InChI=1S/C19H23NO2S/c1-14-9-10-18(15(2)13-14)22-16(3)19(21)20-11-12-23-17-7-5-4-6-8-17/h4-10,13,16H,11-12H2,1-3H3,(H,20,21)/t16-/m0/s1. The molecule has 0 saturated heterocycles. The molecule has 2 rings (SSSR count). The van der Waals surface area contributed by atoms with Crippen molar-refractivity contribution in [1.29, 1.82) is 0 Å². The van der Waals surface area contributed by atoms with E-state index in [2.05, 4.69) is 23.5 Å². The number of benzene rings is 2. The number of carbonyl (C=O) groups excluding carboxylic acids is 1. The Morgan fingerprint density at radius 3 is 2.61 bits per heavy atom. The fourth-order valence-corrected chi connectivity index (χ4v) is 2.97. The Bertz CT molecular complexity index is 643. The predicted molar refractivity (Wildman–Crippen MR) is 96.2 cm³/mol. The summed E-state index contributed by atoms with van der Waals surface area (Å²) in [4.78, 5) is 13.3. The molecule has 1 amide bonds. The van der Waals surface area contributed by atoms with Crippen LogP contribution < -0.4 is 10.1 Å². The Hall–Kier alpha value is -1.94. The lowest BCUT2D eigenvalue weighted by molar-refractivity contribution is -0.127. The molecule has 0 aliphatic carbocycles. The predicted octanol–water partition coefficient (Wildman–Crippen LogP) is 3.98. The van der Waals surface area contributed by atoms with Crippen molar-refractivity contribution < 1.29 is 9.53 Å². The third-order valence-electron chi connectivity index (χ3n) is 3.42. The molecule has 0 saturated carbocycles. The summed E-state index contributed by atoms with van der Waals surface area (Å²) in [6.07, 6.45) is -0.502. The molecule has 3 nitrogen and oxygen atoms in total. The maximum absolute atomic E-state index is 12.1. The first-order chi connectivity index (χ1) is 11.1. The third-order valence-corrected chi connectivity index (χ3v) is 4.43. The van der Waals surface area contributed by atoms with Crippen LogP contribution in [0.3, 0.4) is 0 Å². The van der Waals surface area contributed by atoms with Gasteiger partial charge in [-0.2, -0.15) is 0 Å². The summed E-state index contributed by atoms with van der Waals surface area (Å²) in [6.45, 7) is 6.43. The molecule has 4 heteroatoms. The molecule has 2 aromatic rings. The molecule has 0 aliphatic heterocycles. The lowest BCUT2D eigenvalue weighted by Crippen LogP contribution is -2.37. The van der Waals surface area contributed by atoms with E-state index in [1.807, 2.05) is 44.2 Å². The van der Waals surface area contributed by atoms with Crippen LogP contribution >= 0.6 is 11.8 Å². The molecule has 0 bridgehead atoms. The second-order valence-corrected chi connectivity index (χ2v) is 6.65. The molecule has 0 unspecified atom stereocenters. The molecule has 0 fully saturated rings. The average Bonchev–Trinajstić information content (AvgIpc) is 2.55. The number of ether oxygens (including phenoxy) is 1. The molecule has 122 valence electrons. The number of carbonyl (C=O) groups is 1. The van der Waals surface area contributed by atoms with E-state index in [9.17, 15) is 4.79 Å². The lowest BCUT2D eigenvalue weighted by Gasteiger charge is -2.16. The number of aryl methyl sites for hydroxylation is 2. The van der Waals surface area contributed by atoms with Gasteiger partial charge in [0, 0.05) is 17.2 Å². The van der Waals surface area contributed by atoms with Crippen LogP contribution in [0.1, 0.15) is 18.1 Å². The third kappa shape index (κ3) is 5.64. The normalized spacial score (nSPS) is 11.8. The van der Waals surface area contributed by atoms with Gasteiger partial charge in [-0.3, -0.25) is 4.79 Å². The van der Waals surface area contributed by atoms with Crippen LogP contribution in [0.25, 0.3) is 0 Å². The largest absolute Gasteiger partial charge is 0.481 e. The van der Waals surface area contributed by atoms with Gasteiger partial charge < -0.3 is 10.1 Å². The molecule has 0 spiro atoms. The van der Waals surface area contributed by atoms with Crippen LogP contribution in [0.15, 0.2) is 53.4 Å². The SMILES string of the molecule is Cc1ccc(O[C@@H](C)C(=O)NCCSc2ccccc2)c(C)c1. The first kappa shape index (κ1) is 17.4. The molecule has 0 aromatic heterocycles. The van der Waals surface area contributed by atoms with E-state index in [0.29, 0.717) is 6.54 Å². The second kappa shape index (κ2) is 8.63. The number of hydrogen-bond acceptors (Lipinski definition) is 3. The van der Waals surface area contributed by atoms with Gasteiger partial charge in [-0.1, -0.05) is 35.9 Å². The van der Waals surface area contributed by atoms with Gasteiger partial charge in [0.1, 0.15) is 5.75 Å². The number of hydrogen-bond donors (Lipinski definition) is 1. The summed E-state index contributed by atoms with van der Waals surface area (Å²) in [5.74, 6) is 1.52. The zero-order valence-corrected chi connectivity index (χ0v) is 14.7. The first-order valence-corrected chi connectivity index (χ1v) is 8.74. The van der Waals surface area contributed by atoms with Gasteiger partial charge in [0.15, 0.2) is 6.10 Å². The van der Waals surface area contributed by atoms with E-state index in [0.717, 1.165) is 17.1 Å². The van der Waals surface area contributed by atoms with E-state index in [1.54, 1.807) is 18.7 Å². The van der Waals surface area contributed by atoms with Crippen molar-refractivity contribution >= 4 is 17.7 Å². The van der Waals surface area contributed by atoms with Gasteiger partial charge in [-0.15, -0.1) is 11.8 Å². The van der Waals surface area contributed by atoms with Gasteiger partial charge in [0.25, 0.3) is 5.91 Å². The minimum Gasteiger partial charge on any atom is -0.481 e. The van der Waals surface area contributed by atoms with Crippen molar-refractivity contribution in [2.75, 3.05) is 12.3 Å². The lowest BCUT2D eigenvalue weighted by atomic mass is 10.1. The Morgan fingerprint density at radius 1 is 1.17 bits per heavy atom. The average molecular weight is 329 g/mol. The van der Waals surface area contributed by atoms with Crippen molar-refractivity contribution in [3.8, 4) is 5.75 Å². The molecule has 0 radical (unpaired) electrons. The van der Waals surface area contributed by atoms with Crippen molar-refractivity contribution in [3.05, 3.63) is 59.7 Å². The zero-order valence-electron chi connectivity index (χ0n) is 13.8. The maximum atomic E-state index is 12.1. The highest BCUT2D eigenvalue weighted by Crippen LogP contribution is 2.20. The van der Waals surface area contributed by atoms with E-state index in [-0.39, 0.29) is 5.91 Å². The summed E-state index contributed by atoms with van der Waals surface area (Å²) in [7, 11) is 0. The van der Waals surface area contributed by atoms with Crippen LogP contribution in [0.4, 0.5) is 0 Å². The van der Waals surface area contributed by atoms with Crippen LogP contribution in [0.5, 0.6) is 5.75 Å². The van der Waals surface area contributed by atoms with Crippen LogP contribution in [-0.2, 0) is 4.79 Å².